The molecule has 0 unspecified atom stereocenters. The Kier molecular flexibility index (Phi) is 4.35. The van der Waals surface area contributed by atoms with Crippen LogP contribution in [0.25, 0.3) is 0 Å². The van der Waals surface area contributed by atoms with Gasteiger partial charge in [0.25, 0.3) is 0 Å². The van der Waals surface area contributed by atoms with Crippen LogP contribution in [0.5, 0.6) is 0 Å². The summed E-state index contributed by atoms with van der Waals surface area (Å²) in [7, 11) is 0. The number of halogens is 2. The van der Waals surface area contributed by atoms with Crippen LogP contribution in [0, 0.1) is 0 Å². The highest BCUT2D eigenvalue weighted by atomic mass is 79.9. The molecule has 3 nitrogen and oxygen atoms in total. The van der Waals surface area contributed by atoms with E-state index in [1.165, 1.54) is 0 Å². The molecule has 0 N–H and O–H groups in total. The van der Waals surface area contributed by atoms with Crippen molar-refractivity contribution in [2.24, 2.45) is 0 Å². The first-order chi connectivity index (χ1) is 6.63. The van der Waals surface area contributed by atoms with Gasteiger partial charge in [-0.25, -0.2) is 4.98 Å². The largest absolute Gasteiger partial charge is 0.466 e. The fraction of sp³-hybridized carbons (Fsp3) is 0.333. The number of nitrogens with zero attached hydrogens (tertiary/aromatic N) is 1. The molecule has 0 aliphatic rings. The fourth-order valence-corrected chi connectivity index (χ4v) is 1.65. The second-order valence-electron chi connectivity index (χ2n) is 2.57. The first kappa shape index (κ1) is 11.5. The van der Waals surface area contributed by atoms with E-state index < -0.39 is 0 Å². The second-order valence-corrected chi connectivity index (χ2v) is 3.70. The smallest absolute Gasteiger partial charge is 0.310 e. The number of hydrogen-bond acceptors (Lipinski definition) is 3. The van der Waals surface area contributed by atoms with Gasteiger partial charge in [0.1, 0.15) is 9.76 Å². The number of esters is 1. The zero-order valence-electron chi connectivity index (χ0n) is 7.59. The molecular weight excluding hydrogens is 269 g/mol. The standard InChI is InChI=1S/C9H9BrClNO2/c1-2-14-8(13)5-6-3-4-7(11)12-9(6)10/h3-4H,2,5H2,1H3. The third kappa shape index (κ3) is 3.27. The highest BCUT2D eigenvalue weighted by Crippen LogP contribution is 2.17. The van der Waals surface area contributed by atoms with E-state index in [0.717, 1.165) is 5.56 Å². The van der Waals surface area contributed by atoms with Gasteiger partial charge in [0.2, 0.25) is 0 Å². The Hall–Kier alpha value is -0.610. The minimum absolute atomic E-state index is 0.207. The van der Waals surface area contributed by atoms with E-state index in [0.29, 0.717) is 16.4 Å². The van der Waals surface area contributed by atoms with E-state index in [2.05, 4.69) is 20.9 Å². The van der Waals surface area contributed by atoms with Gasteiger partial charge in [0, 0.05) is 0 Å². The number of carbonyl (C=O) groups excluding carboxylic acids is 1. The molecule has 1 aromatic heterocycles. The topological polar surface area (TPSA) is 39.2 Å². The molecule has 14 heavy (non-hydrogen) atoms. The summed E-state index contributed by atoms with van der Waals surface area (Å²) in [5.74, 6) is -0.266. The lowest BCUT2D eigenvalue weighted by atomic mass is 10.2. The summed E-state index contributed by atoms with van der Waals surface area (Å²) < 4.78 is 5.39. The molecular formula is C9H9BrClNO2. The van der Waals surface area contributed by atoms with E-state index in [9.17, 15) is 4.79 Å². The van der Waals surface area contributed by atoms with Gasteiger partial charge in [-0.2, -0.15) is 0 Å². The van der Waals surface area contributed by atoms with Crippen molar-refractivity contribution in [2.75, 3.05) is 6.61 Å². The molecule has 1 heterocycles. The summed E-state index contributed by atoms with van der Waals surface area (Å²) in [6.45, 7) is 2.16. The van der Waals surface area contributed by atoms with E-state index in [1.807, 2.05) is 0 Å². The normalized spacial score (nSPS) is 9.93. The van der Waals surface area contributed by atoms with Crippen molar-refractivity contribution in [1.82, 2.24) is 4.98 Å². The summed E-state index contributed by atoms with van der Waals surface area (Å²) in [5, 5.41) is 0.393. The Bertz CT molecular complexity index is 344. The molecule has 1 aromatic rings. The van der Waals surface area contributed by atoms with Gasteiger partial charge in [-0.1, -0.05) is 17.7 Å². The number of carbonyl (C=O) groups is 1. The fourth-order valence-electron chi connectivity index (χ4n) is 0.940. The summed E-state index contributed by atoms with van der Waals surface area (Å²) in [5.41, 5.74) is 0.771. The minimum Gasteiger partial charge on any atom is -0.466 e. The van der Waals surface area contributed by atoms with Crippen molar-refractivity contribution in [3.05, 3.63) is 27.5 Å². The molecule has 0 saturated carbocycles. The van der Waals surface area contributed by atoms with Crippen LogP contribution in [0.1, 0.15) is 12.5 Å². The maximum absolute atomic E-state index is 11.1. The second kappa shape index (κ2) is 5.32. The number of pyridine rings is 1. The van der Waals surface area contributed by atoms with Crippen molar-refractivity contribution >= 4 is 33.5 Å². The van der Waals surface area contributed by atoms with Crippen molar-refractivity contribution in [3.63, 3.8) is 0 Å². The van der Waals surface area contributed by atoms with Crippen LogP contribution >= 0.6 is 27.5 Å². The van der Waals surface area contributed by atoms with E-state index >= 15 is 0 Å². The molecule has 0 radical (unpaired) electrons. The highest BCUT2D eigenvalue weighted by molar-refractivity contribution is 9.10. The summed E-state index contributed by atoms with van der Waals surface area (Å²) in [6.07, 6.45) is 0.207. The van der Waals surface area contributed by atoms with Gasteiger partial charge in [-0.05, 0) is 34.5 Å². The molecule has 0 amide bonds. The zero-order chi connectivity index (χ0) is 10.6. The van der Waals surface area contributed by atoms with Gasteiger partial charge in [0.05, 0.1) is 13.0 Å². The highest BCUT2D eigenvalue weighted by Gasteiger charge is 2.08. The Morgan fingerprint density at radius 2 is 2.36 bits per heavy atom. The van der Waals surface area contributed by atoms with Gasteiger partial charge in [-0.15, -0.1) is 0 Å². The van der Waals surface area contributed by atoms with Crippen LogP contribution < -0.4 is 0 Å². The van der Waals surface area contributed by atoms with Crippen molar-refractivity contribution < 1.29 is 9.53 Å². The molecule has 0 aromatic carbocycles. The van der Waals surface area contributed by atoms with Crippen LogP contribution in [-0.2, 0) is 16.0 Å². The first-order valence-corrected chi connectivity index (χ1v) is 5.27. The molecule has 0 saturated heterocycles. The number of rotatable bonds is 3. The molecule has 1 rings (SSSR count). The quantitative estimate of drug-likeness (QED) is 0.630. The predicted molar refractivity (Wildman–Crippen MR) is 57.3 cm³/mol. The lowest BCUT2D eigenvalue weighted by molar-refractivity contribution is -0.142. The van der Waals surface area contributed by atoms with Crippen molar-refractivity contribution in [2.45, 2.75) is 13.3 Å². The average Bonchev–Trinajstić information content (AvgIpc) is 2.10. The molecule has 0 bridgehead atoms. The van der Waals surface area contributed by atoms with Gasteiger partial charge in [0.15, 0.2) is 0 Å². The summed E-state index contributed by atoms with van der Waals surface area (Å²) in [6, 6.07) is 3.39. The van der Waals surface area contributed by atoms with Crippen LogP contribution in [0.3, 0.4) is 0 Å². The Labute approximate surface area is 95.6 Å². The molecule has 0 aliphatic carbocycles. The maximum atomic E-state index is 11.1. The Morgan fingerprint density at radius 1 is 1.64 bits per heavy atom. The lowest BCUT2D eigenvalue weighted by Gasteiger charge is -2.03. The Balaban J connectivity index is 2.72. The number of hydrogen-bond donors (Lipinski definition) is 0. The number of ether oxygens (including phenoxy) is 1. The molecule has 0 aliphatic heterocycles. The molecule has 0 fully saturated rings. The monoisotopic (exact) mass is 277 g/mol. The van der Waals surface area contributed by atoms with E-state index in [4.69, 9.17) is 16.3 Å². The summed E-state index contributed by atoms with van der Waals surface area (Å²) in [4.78, 5) is 15.1. The van der Waals surface area contributed by atoms with Crippen LogP contribution in [0.15, 0.2) is 16.7 Å². The molecule has 5 heteroatoms. The third-order valence-electron chi connectivity index (χ3n) is 1.53. The van der Waals surface area contributed by atoms with Crippen molar-refractivity contribution in [3.8, 4) is 0 Å². The van der Waals surface area contributed by atoms with E-state index in [-0.39, 0.29) is 12.4 Å². The minimum atomic E-state index is -0.266. The average molecular weight is 279 g/mol. The van der Waals surface area contributed by atoms with Gasteiger partial charge >= 0.3 is 5.97 Å². The zero-order valence-corrected chi connectivity index (χ0v) is 9.93. The van der Waals surface area contributed by atoms with Gasteiger partial charge in [-0.3, -0.25) is 4.79 Å². The van der Waals surface area contributed by atoms with E-state index in [1.54, 1.807) is 19.1 Å². The lowest BCUT2D eigenvalue weighted by Crippen LogP contribution is -2.08. The Morgan fingerprint density at radius 3 is 2.93 bits per heavy atom. The maximum Gasteiger partial charge on any atom is 0.310 e. The predicted octanol–water partition coefficient (Wildman–Crippen LogP) is 2.60. The number of aromatic nitrogens is 1. The first-order valence-electron chi connectivity index (χ1n) is 4.10. The molecule has 0 spiro atoms. The van der Waals surface area contributed by atoms with Gasteiger partial charge < -0.3 is 4.74 Å². The van der Waals surface area contributed by atoms with Crippen LogP contribution in [-0.4, -0.2) is 17.6 Å². The molecule has 0 atom stereocenters. The van der Waals surface area contributed by atoms with Crippen LogP contribution in [0.4, 0.5) is 0 Å². The summed E-state index contributed by atoms with van der Waals surface area (Å²) >= 11 is 8.88. The van der Waals surface area contributed by atoms with Crippen LogP contribution in [0.2, 0.25) is 5.15 Å². The molecule has 76 valence electrons. The van der Waals surface area contributed by atoms with Crippen molar-refractivity contribution in [1.29, 1.82) is 0 Å². The SMILES string of the molecule is CCOC(=O)Cc1ccc(Cl)nc1Br. The third-order valence-corrected chi connectivity index (χ3v) is 2.43.